The zero-order valence-corrected chi connectivity index (χ0v) is 13.3. The van der Waals surface area contributed by atoms with Crippen LogP contribution in [0.1, 0.15) is 28.5 Å². The maximum atomic E-state index is 12.6. The first-order valence-corrected chi connectivity index (χ1v) is 7.89. The Morgan fingerprint density at radius 2 is 2.21 bits per heavy atom. The minimum Gasteiger partial charge on any atom is -0.337 e. The molecule has 1 fully saturated rings. The van der Waals surface area contributed by atoms with Gasteiger partial charge in [-0.3, -0.25) is 19.3 Å². The summed E-state index contributed by atoms with van der Waals surface area (Å²) in [6.07, 6.45) is 4.11. The molecule has 1 atom stereocenters. The smallest absolute Gasteiger partial charge is 0.272 e. The van der Waals surface area contributed by atoms with E-state index in [9.17, 15) is 9.59 Å². The lowest BCUT2D eigenvalue weighted by Crippen LogP contribution is -2.30. The highest BCUT2D eigenvalue weighted by atomic mass is 16.2. The number of hydrogen-bond donors (Lipinski definition) is 1. The third-order valence-corrected chi connectivity index (χ3v) is 4.59. The Kier molecular flexibility index (Phi) is 3.41. The fraction of sp³-hybridized carbons (Fsp3) is 0.294. The molecule has 0 spiro atoms. The highest BCUT2D eigenvalue weighted by molar-refractivity contribution is 5.92. The maximum Gasteiger partial charge on any atom is 0.272 e. The number of aromatic nitrogens is 4. The molecule has 1 saturated heterocycles. The minimum absolute atomic E-state index is 0.0289. The first-order chi connectivity index (χ1) is 11.6. The van der Waals surface area contributed by atoms with Crippen LogP contribution in [0, 0.1) is 0 Å². The van der Waals surface area contributed by atoms with E-state index in [1.54, 1.807) is 42.3 Å². The average molecular weight is 323 g/mol. The molecule has 0 saturated carbocycles. The summed E-state index contributed by atoms with van der Waals surface area (Å²) in [5.41, 5.74) is 1.97. The summed E-state index contributed by atoms with van der Waals surface area (Å²) in [7, 11) is 1.76. The van der Waals surface area contributed by atoms with Crippen molar-refractivity contribution < 1.29 is 4.79 Å². The molecule has 4 heterocycles. The van der Waals surface area contributed by atoms with Crippen molar-refractivity contribution in [1.29, 1.82) is 0 Å². The normalized spacial score (nSPS) is 17.5. The van der Waals surface area contributed by atoms with Gasteiger partial charge in [0.1, 0.15) is 5.69 Å². The summed E-state index contributed by atoms with van der Waals surface area (Å²) in [5, 5.41) is 4.63. The van der Waals surface area contributed by atoms with Gasteiger partial charge in [-0.2, -0.15) is 5.10 Å². The molecule has 3 aromatic rings. The Bertz CT molecular complexity index is 974. The fourth-order valence-corrected chi connectivity index (χ4v) is 3.27. The number of aromatic amines is 1. The number of likely N-dealkylation sites (tertiary alicyclic amines) is 1. The average Bonchev–Trinajstić information content (AvgIpc) is 3.23. The van der Waals surface area contributed by atoms with E-state index in [1.165, 1.54) is 0 Å². The molecule has 0 radical (unpaired) electrons. The molecule has 3 aromatic heterocycles. The van der Waals surface area contributed by atoms with Crippen molar-refractivity contribution in [3.63, 3.8) is 0 Å². The van der Waals surface area contributed by atoms with Crippen LogP contribution in [0.15, 0.2) is 41.5 Å². The molecule has 1 amide bonds. The van der Waals surface area contributed by atoms with E-state index in [2.05, 4.69) is 15.1 Å². The van der Waals surface area contributed by atoms with Crippen molar-refractivity contribution in [3.05, 3.63) is 58.4 Å². The Balaban J connectivity index is 1.60. The number of amides is 1. The third kappa shape index (κ3) is 2.38. The van der Waals surface area contributed by atoms with Crippen molar-refractivity contribution in [2.45, 2.75) is 12.3 Å². The van der Waals surface area contributed by atoms with Crippen molar-refractivity contribution in [2.24, 2.45) is 7.05 Å². The van der Waals surface area contributed by atoms with E-state index in [1.807, 2.05) is 11.0 Å². The number of carbonyl (C=O) groups excluding carboxylic acids is 1. The number of carbonyl (C=O) groups is 1. The predicted molar refractivity (Wildman–Crippen MR) is 88.8 cm³/mol. The highest BCUT2D eigenvalue weighted by Gasteiger charge is 2.30. The predicted octanol–water partition coefficient (Wildman–Crippen LogP) is 1.29. The number of fused-ring (bicyclic) bond motifs is 1. The summed E-state index contributed by atoms with van der Waals surface area (Å²) < 4.78 is 1.58. The van der Waals surface area contributed by atoms with Gasteiger partial charge in [0.15, 0.2) is 0 Å². The summed E-state index contributed by atoms with van der Waals surface area (Å²) >= 11 is 0. The van der Waals surface area contributed by atoms with Crippen LogP contribution in [0.5, 0.6) is 0 Å². The van der Waals surface area contributed by atoms with Crippen LogP contribution in [0.4, 0.5) is 0 Å². The van der Waals surface area contributed by atoms with E-state index < -0.39 is 0 Å². The number of hydrogen-bond acceptors (Lipinski definition) is 4. The number of nitrogens with one attached hydrogen (secondary N) is 1. The molecule has 24 heavy (non-hydrogen) atoms. The Morgan fingerprint density at radius 3 is 3.00 bits per heavy atom. The number of pyridine rings is 2. The SMILES string of the molecule is Cn1nccc1C(=O)N1CCC(c2cc3ncccc3c(=O)[nH]2)C1. The topological polar surface area (TPSA) is 83.9 Å². The summed E-state index contributed by atoms with van der Waals surface area (Å²) in [5.74, 6) is 0.0834. The van der Waals surface area contributed by atoms with E-state index in [0.29, 0.717) is 29.7 Å². The van der Waals surface area contributed by atoms with Crippen molar-refractivity contribution in [3.8, 4) is 0 Å². The number of aryl methyl sites for hydroxylation is 1. The molecule has 7 nitrogen and oxygen atoms in total. The van der Waals surface area contributed by atoms with Crippen LogP contribution in [0.25, 0.3) is 10.9 Å². The molecule has 0 aliphatic carbocycles. The third-order valence-electron chi connectivity index (χ3n) is 4.59. The van der Waals surface area contributed by atoms with Crippen LogP contribution in [0.2, 0.25) is 0 Å². The monoisotopic (exact) mass is 323 g/mol. The Hall–Kier alpha value is -2.96. The van der Waals surface area contributed by atoms with E-state index >= 15 is 0 Å². The van der Waals surface area contributed by atoms with Crippen molar-refractivity contribution in [1.82, 2.24) is 24.6 Å². The van der Waals surface area contributed by atoms with Crippen molar-refractivity contribution >= 4 is 16.8 Å². The van der Waals surface area contributed by atoms with Gasteiger partial charge in [0.05, 0.1) is 10.9 Å². The molecule has 1 aliphatic rings. The van der Waals surface area contributed by atoms with E-state index in [-0.39, 0.29) is 17.4 Å². The molecule has 7 heteroatoms. The lowest BCUT2D eigenvalue weighted by atomic mass is 10.0. The molecule has 1 unspecified atom stereocenters. The first kappa shape index (κ1) is 14.6. The second-order valence-corrected chi connectivity index (χ2v) is 6.07. The highest BCUT2D eigenvalue weighted by Crippen LogP contribution is 2.27. The molecule has 0 aromatic carbocycles. The number of H-pyrrole nitrogens is 1. The maximum absolute atomic E-state index is 12.6. The van der Waals surface area contributed by atoms with Crippen LogP contribution >= 0.6 is 0 Å². The molecule has 4 rings (SSSR count). The summed E-state index contributed by atoms with van der Waals surface area (Å²) in [6.45, 7) is 1.25. The number of nitrogens with zero attached hydrogens (tertiary/aromatic N) is 4. The summed E-state index contributed by atoms with van der Waals surface area (Å²) in [6, 6.07) is 7.15. The van der Waals surface area contributed by atoms with Crippen LogP contribution in [-0.2, 0) is 7.05 Å². The molecule has 0 bridgehead atoms. The fourth-order valence-electron chi connectivity index (χ4n) is 3.27. The van der Waals surface area contributed by atoms with E-state index in [0.717, 1.165) is 12.1 Å². The van der Waals surface area contributed by atoms with Crippen LogP contribution in [0.3, 0.4) is 0 Å². The van der Waals surface area contributed by atoms with Gasteiger partial charge < -0.3 is 9.88 Å². The van der Waals surface area contributed by atoms with Crippen molar-refractivity contribution in [2.75, 3.05) is 13.1 Å². The van der Waals surface area contributed by atoms with Gasteiger partial charge in [-0.15, -0.1) is 0 Å². The lowest BCUT2D eigenvalue weighted by Gasteiger charge is -2.16. The van der Waals surface area contributed by atoms with Gasteiger partial charge in [-0.05, 0) is 30.7 Å². The van der Waals surface area contributed by atoms with Gasteiger partial charge in [-0.1, -0.05) is 0 Å². The van der Waals surface area contributed by atoms with Crippen LogP contribution < -0.4 is 5.56 Å². The van der Waals surface area contributed by atoms with Crippen LogP contribution in [-0.4, -0.2) is 43.6 Å². The second kappa shape index (κ2) is 5.59. The zero-order chi connectivity index (χ0) is 16.7. The van der Waals surface area contributed by atoms with Gasteiger partial charge in [0.25, 0.3) is 11.5 Å². The Labute approximate surface area is 137 Å². The molecular weight excluding hydrogens is 306 g/mol. The molecular formula is C17H17N5O2. The zero-order valence-electron chi connectivity index (χ0n) is 13.3. The minimum atomic E-state index is -0.132. The standard InChI is InChI=1S/C17H17N5O2/c1-21-15(4-7-19-21)17(24)22-8-5-11(10-22)13-9-14-12(16(23)20-13)3-2-6-18-14/h2-4,6-7,9,11H,5,8,10H2,1H3,(H,20,23). The second-order valence-electron chi connectivity index (χ2n) is 6.07. The first-order valence-electron chi connectivity index (χ1n) is 7.89. The van der Waals surface area contributed by atoms with Gasteiger partial charge >= 0.3 is 0 Å². The Morgan fingerprint density at radius 1 is 1.33 bits per heavy atom. The largest absolute Gasteiger partial charge is 0.337 e. The number of rotatable bonds is 2. The van der Waals surface area contributed by atoms with E-state index in [4.69, 9.17) is 0 Å². The van der Waals surface area contributed by atoms with Gasteiger partial charge in [0, 0.05) is 44.1 Å². The molecule has 1 N–H and O–H groups in total. The van der Waals surface area contributed by atoms with Gasteiger partial charge in [0.2, 0.25) is 0 Å². The molecule has 1 aliphatic heterocycles. The quantitative estimate of drug-likeness (QED) is 0.770. The van der Waals surface area contributed by atoms with Gasteiger partial charge in [-0.25, -0.2) is 0 Å². The lowest BCUT2D eigenvalue weighted by molar-refractivity contribution is 0.0780. The molecule has 122 valence electrons. The summed E-state index contributed by atoms with van der Waals surface area (Å²) in [4.78, 5) is 33.8.